The third kappa shape index (κ3) is 19.5. The summed E-state index contributed by atoms with van der Waals surface area (Å²) in [5.41, 5.74) is 0. The number of rotatable bonds is 7. The molecule has 0 fully saturated rings. The molecule has 1 atom stereocenters. The standard InChI is InChI=1S/C5H8O.C3H9BO5/c1-3-5-6-4-2;5-1-3(6)2-9-4(7)8/h3-4H,1-2,5H2;3,5-8H,1-2H2. The van der Waals surface area contributed by atoms with Gasteiger partial charge in [-0.25, -0.2) is 0 Å². The average molecular weight is 220 g/mol. The van der Waals surface area contributed by atoms with Gasteiger partial charge in [0.15, 0.2) is 0 Å². The minimum atomic E-state index is -1.88. The Kier molecular flexibility index (Phi) is 14.5. The smallest absolute Gasteiger partial charge is 0.498 e. The molecule has 1 unspecified atom stereocenters. The highest BCUT2D eigenvalue weighted by Gasteiger charge is 2.10. The largest absolute Gasteiger partial charge is 0.633 e. The molecule has 0 spiro atoms. The van der Waals surface area contributed by atoms with E-state index in [4.69, 9.17) is 20.3 Å². The maximum Gasteiger partial charge on any atom is 0.633 e. The molecule has 0 radical (unpaired) electrons. The van der Waals surface area contributed by atoms with E-state index in [0.29, 0.717) is 6.61 Å². The van der Waals surface area contributed by atoms with Gasteiger partial charge in [0.2, 0.25) is 0 Å². The van der Waals surface area contributed by atoms with E-state index in [1.54, 1.807) is 6.08 Å². The monoisotopic (exact) mass is 220 g/mol. The van der Waals surface area contributed by atoms with Crippen LogP contribution in [0.25, 0.3) is 0 Å². The molecule has 0 saturated heterocycles. The Hall–Kier alpha value is -0.855. The molecule has 0 heterocycles. The van der Waals surface area contributed by atoms with Crippen LogP contribution in [0.15, 0.2) is 25.5 Å². The van der Waals surface area contributed by atoms with Crippen LogP contribution in [0.3, 0.4) is 0 Å². The minimum absolute atomic E-state index is 0.284. The summed E-state index contributed by atoms with van der Waals surface area (Å²) in [7, 11) is -1.88. The van der Waals surface area contributed by atoms with Crippen LogP contribution in [0, 0.1) is 0 Å². The highest BCUT2D eigenvalue weighted by molar-refractivity contribution is 6.32. The zero-order valence-electron chi connectivity index (χ0n) is 8.45. The van der Waals surface area contributed by atoms with Crippen LogP contribution in [0.1, 0.15) is 0 Å². The van der Waals surface area contributed by atoms with Crippen LogP contribution in [0.4, 0.5) is 0 Å². The fraction of sp³-hybridized carbons (Fsp3) is 0.500. The first-order valence-corrected chi connectivity index (χ1v) is 4.18. The quantitative estimate of drug-likeness (QED) is 0.183. The Morgan fingerprint density at radius 1 is 1.33 bits per heavy atom. The Balaban J connectivity index is 0. The van der Waals surface area contributed by atoms with Crippen LogP contribution >= 0.6 is 0 Å². The van der Waals surface area contributed by atoms with Crippen LogP contribution in [-0.2, 0) is 9.39 Å². The van der Waals surface area contributed by atoms with Gasteiger partial charge in [-0.05, 0) is 0 Å². The predicted octanol–water partition coefficient (Wildman–Crippen LogP) is -1.34. The van der Waals surface area contributed by atoms with Crippen LogP contribution in [0.2, 0.25) is 0 Å². The van der Waals surface area contributed by atoms with Gasteiger partial charge in [-0.15, -0.1) is 0 Å². The van der Waals surface area contributed by atoms with E-state index >= 15 is 0 Å². The maximum absolute atomic E-state index is 8.51. The van der Waals surface area contributed by atoms with Gasteiger partial charge in [-0.1, -0.05) is 19.2 Å². The first-order valence-electron chi connectivity index (χ1n) is 4.18. The molecule has 0 saturated carbocycles. The summed E-state index contributed by atoms with van der Waals surface area (Å²) in [5, 5.41) is 32.7. The lowest BCUT2D eigenvalue weighted by Gasteiger charge is -2.05. The Labute approximate surface area is 89.3 Å². The summed E-state index contributed by atoms with van der Waals surface area (Å²) in [6.07, 6.45) is 2.01. The Morgan fingerprint density at radius 3 is 2.20 bits per heavy atom. The summed E-state index contributed by atoms with van der Waals surface area (Å²) >= 11 is 0. The summed E-state index contributed by atoms with van der Waals surface area (Å²) in [6.45, 7) is 6.58. The van der Waals surface area contributed by atoms with Crippen molar-refractivity contribution in [3.63, 3.8) is 0 Å². The van der Waals surface area contributed by atoms with Crippen LogP contribution in [0.5, 0.6) is 0 Å². The molecule has 6 nitrogen and oxygen atoms in total. The molecule has 0 aliphatic rings. The van der Waals surface area contributed by atoms with E-state index in [-0.39, 0.29) is 6.61 Å². The molecular weight excluding hydrogens is 203 g/mol. The van der Waals surface area contributed by atoms with Crippen molar-refractivity contribution in [1.29, 1.82) is 0 Å². The lowest BCUT2D eigenvalue weighted by Crippen LogP contribution is -2.26. The van der Waals surface area contributed by atoms with Crippen molar-refractivity contribution in [3.8, 4) is 0 Å². The van der Waals surface area contributed by atoms with Gasteiger partial charge in [0, 0.05) is 0 Å². The van der Waals surface area contributed by atoms with Gasteiger partial charge < -0.3 is 29.7 Å². The molecule has 0 aromatic heterocycles. The molecular formula is C8H17BO6. The molecule has 0 aromatic rings. The molecule has 0 bridgehead atoms. The number of hydrogen-bond donors (Lipinski definition) is 4. The molecule has 0 rings (SSSR count). The molecule has 0 amide bonds. The van der Waals surface area contributed by atoms with Gasteiger partial charge in [0.05, 0.1) is 25.6 Å². The summed E-state index contributed by atoms with van der Waals surface area (Å²) in [5.74, 6) is 0. The van der Waals surface area contributed by atoms with Gasteiger partial charge in [-0.2, -0.15) is 0 Å². The second-order valence-electron chi connectivity index (χ2n) is 2.28. The van der Waals surface area contributed by atoms with E-state index < -0.39 is 20.0 Å². The maximum atomic E-state index is 8.51. The van der Waals surface area contributed by atoms with Crippen molar-refractivity contribution < 1.29 is 29.7 Å². The van der Waals surface area contributed by atoms with E-state index in [9.17, 15) is 0 Å². The topological polar surface area (TPSA) is 99.4 Å². The second-order valence-corrected chi connectivity index (χ2v) is 2.28. The highest BCUT2D eigenvalue weighted by Crippen LogP contribution is 1.82. The fourth-order valence-corrected chi connectivity index (χ4v) is 0.386. The third-order valence-corrected chi connectivity index (χ3v) is 0.980. The lowest BCUT2D eigenvalue weighted by molar-refractivity contribution is 0.0362. The zero-order chi connectivity index (χ0) is 12.1. The average Bonchev–Trinajstić information content (AvgIpc) is 2.23. The van der Waals surface area contributed by atoms with E-state index in [0.717, 1.165) is 0 Å². The van der Waals surface area contributed by atoms with E-state index in [2.05, 4.69) is 22.5 Å². The van der Waals surface area contributed by atoms with Crippen LogP contribution in [-0.4, -0.2) is 53.5 Å². The normalized spacial score (nSPS) is 10.7. The molecule has 15 heavy (non-hydrogen) atoms. The lowest BCUT2D eigenvalue weighted by atomic mass is 10.2. The second kappa shape index (κ2) is 13.1. The van der Waals surface area contributed by atoms with Crippen molar-refractivity contribution in [2.24, 2.45) is 0 Å². The number of hydrogen-bond acceptors (Lipinski definition) is 6. The van der Waals surface area contributed by atoms with Gasteiger partial charge in [-0.3, -0.25) is 0 Å². The van der Waals surface area contributed by atoms with Gasteiger partial charge >= 0.3 is 7.32 Å². The summed E-state index contributed by atoms with van der Waals surface area (Å²) in [4.78, 5) is 0. The summed E-state index contributed by atoms with van der Waals surface area (Å²) < 4.78 is 8.72. The zero-order valence-corrected chi connectivity index (χ0v) is 8.45. The molecule has 0 aliphatic heterocycles. The highest BCUT2D eigenvalue weighted by atomic mass is 16.6. The van der Waals surface area contributed by atoms with Gasteiger partial charge in [0.1, 0.15) is 6.61 Å². The SMILES string of the molecule is C=CCOC=C.OCC(O)COB(O)O. The first-order chi connectivity index (χ1) is 7.08. The minimum Gasteiger partial charge on any atom is -0.498 e. The predicted molar refractivity (Wildman–Crippen MR) is 55.6 cm³/mol. The number of aliphatic hydroxyl groups excluding tert-OH is 2. The van der Waals surface area contributed by atoms with E-state index in [1.807, 2.05) is 0 Å². The van der Waals surface area contributed by atoms with Crippen molar-refractivity contribution in [3.05, 3.63) is 25.5 Å². The van der Waals surface area contributed by atoms with Crippen molar-refractivity contribution in [2.75, 3.05) is 19.8 Å². The molecule has 4 N–H and O–H groups in total. The van der Waals surface area contributed by atoms with Crippen molar-refractivity contribution in [2.45, 2.75) is 6.10 Å². The van der Waals surface area contributed by atoms with Crippen LogP contribution < -0.4 is 0 Å². The molecule has 88 valence electrons. The van der Waals surface area contributed by atoms with Crippen molar-refractivity contribution in [1.82, 2.24) is 0 Å². The molecule has 0 aliphatic carbocycles. The molecule has 7 heteroatoms. The third-order valence-electron chi connectivity index (χ3n) is 0.980. The number of ether oxygens (including phenoxy) is 1. The van der Waals surface area contributed by atoms with Gasteiger partial charge in [0.25, 0.3) is 0 Å². The van der Waals surface area contributed by atoms with E-state index in [1.165, 1.54) is 6.26 Å². The Morgan fingerprint density at radius 2 is 1.93 bits per heavy atom. The molecule has 0 aromatic carbocycles. The summed E-state index contributed by atoms with van der Waals surface area (Å²) in [6, 6.07) is 0. The fourth-order valence-electron chi connectivity index (χ4n) is 0.386. The first kappa shape index (κ1) is 16.6. The number of aliphatic hydroxyl groups is 2. The Bertz CT molecular complexity index is 144. The van der Waals surface area contributed by atoms with Crippen molar-refractivity contribution >= 4 is 7.32 Å².